The molecule has 2 aromatic rings. The zero-order valence-corrected chi connectivity index (χ0v) is 18.0. The number of anilines is 2. The number of rotatable bonds is 6. The summed E-state index contributed by atoms with van der Waals surface area (Å²) in [6.07, 6.45) is 7.47. The van der Waals surface area contributed by atoms with E-state index in [2.05, 4.69) is 10.6 Å². The second kappa shape index (κ2) is 10.2. The highest BCUT2D eigenvalue weighted by molar-refractivity contribution is 6.09. The van der Waals surface area contributed by atoms with Crippen LogP contribution in [-0.2, 0) is 9.59 Å². The van der Waals surface area contributed by atoms with Gasteiger partial charge in [0.15, 0.2) is 16.0 Å². The fourth-order valence-electron chi connectivity index (χ4n) is 4.14. The Morgan fingerprint density at radius 2 is 1.09 bits per heavy atom. The molecule has 0 bridgehead atoms. The maximum atomic E-state index is 12.3. The molecule has 0 aliphatic carbocycles. The lowest BCUT2D eigenvalue weighted by Crippen LogP contribution is -2.37. The van der Waals surface area contributed by atoms with E-state index in [0.29, 0.717) is 0 Å². The lowest BCUT2D eigenvalue weighted by molar-refractivity contribution is -0.119. The van der Waals surface area contributed by atoms with Crippen LogP contribution in [0.25, 0.3) is 12.2 Å². The third-order valence-electron chi connectivity index (χ3n) is 6.02. The Balaban J connectivity index is 1.30. The smallest absolute Gasteiger partial charge is 0.240 e. The molecule has 4 radical (unpaired) electrons. The van der Waals surface area contributed by atoms with Crippen LogP contribution in [0.3, 0.4) is 0 Å². The third-order valence-corrected chi connectivity index (χ3v) is 6.02. The summed E-state index contributed by atoms with van der Waals surface area (Å²) in [5, 5.41) is 5.86. The molecule has 2 aliphatic rings. The minimum atomic E-state index is -0.255. The highest BCUT2D eigenvalue weighted by Crippen LogP contribution is 2.20. The number of hydrogen-bond donors (Lipinski definition) is 2. The van der Waals surface area contributed by atoms with Gasteiger partial charge in [-0.15, -0.1) is 0 Å². The highest BCUT2D eigenvalue weighted by atomic mass is 16.2. The standard InChI is InChI=1S/C24H26B2N4O2/c25-29-15-1-3-21(29)23(31)27-19-11-7-17(8-12-19)5-6-18-9-13-20(14-10-18)28-24(32)22-4-2-16-30(22)26/h5-14,21-22H,1-4,15-16H2,(H,27,31)(H,28,32)/b6-5+. The Morgan fingerprint density at radius 3 is 1.41 bits per heavy atom. The van der Waals surface area contributed by atoms with E-state index in [1.54, 1.807) is 9.62 Å². The van der Waals surface area contributed by atoms with Crippen molar-refractivity contribution in [3.05, 3.63) is 59.7 Å². The van der Waals surface area contributed by atoms with Crippen LogP contribution < -0.4 is 10.6 Å². The largest absolute Gasteiger partial charge is 0.343 e. The molecule has 2 heterocycles. The first-order chi connectivity index (χ1) is 15.5. The van der Waals surface area contributed by atoms with Crippen molar-refractivity contribution in [1.82, 2.24) is 9.62 Å². The van der Waals surface area contributed by atoms with E-state index in [1.165, 1.54) is 0 Å². The van der Waals surface area contributed by atoms with Gasteiger partial charge >= 0.3 is 0 Å². The van der Waals surface area contributed by atoms with Crippen molar-refractivity contribution in [3.8, 4) is 0 Å². The van der Waals surface area contributed by atoms with Crippen molar-refractivity contribution in [2.75, 3.05) is 23.7 Å². The van der Waals surface area contributed by atoms with E-state index in [9.17, 15) is 9.59 Å². The number of carbonyl (C=O) groups excluding carboxylic acids is 2. The van der Waals surface area contributed by atoms with Gasteiger partial charge in [0.05, 0.1) is 12.1 Å². The number of nitrogens with one attached hydrogen (secondary N) is 2. The monoisotopic (exact) mass is 424 g/mol. The van der Waals surface area contributed by atoms with Gasteiger partial charge in [0, 0.05) is 11.4 Å². The molecule has 2 atom stereocenters. The Kier molecular flexibility index (Phi) is 7.12. The summed E-state index contributed by atoms with van der Waals surface area (Å²) in [4.78, 5) is 27.9. The summed E-state index contributed by atoms with van der Waals surface area (Å²) in [7, 11) is 11.7. The topological polar surface area (TPSA) is 64.7 Å². The van der Waals surface area contributed by atoms with Gasteiger partial charge in [0.1, 0.15) is 0 Å². The molecule has 4 rings (SSSR count). The number of carbonyl (C=O) groups is 2. The van der Waals surface area contributed by atoms with Crippen LogP contribution >= 0.6 is 0 Å². The highest BCUT2D eigenvalue weighted by Gasteiger charge is 2.27. The molecule has 2 unspecified atom stereocenters. The Hall–Kier alpha value is -2.83. The van der Waals surface area contributed by atoms with E-state index in [-0.39, 0.29) is 23.9 Å². The van der Waals surface area contributed by atoms with Crippen LogP contribution in [0.2, 0.25) is 0 Å². The number of amides is 2. The van der Waals surface area contributed by atoms with Crippen LogP contribution in [0.1, 0.15) is 36.8 Å². The first-order valence-electron chi connectivity index (χ1n) is 11.0. The van der Waals surface area contributed by atoms with Gasteiger partial charge in [0.2, 0.25) is 11.8 Å². The summed E-state index contributed by atoms with van der Waals surface area (Å²) < 4.78 is 0. The molecule has 2 N–H and O–H groups in total. The molecule has 0 spiro atoms. The number of nitrogens with zero attached hydrogens (tertiary/aromatic N) is 2. The van der Waals surface area contributed by atoms with E-state index >= 15 is 0 Å². The SMILES string of the molecule is [B]N1CCCC1C(=O)Nc1ccc(/C=C/c2ccc(NC(=O)C3CCCN3[B])cc2)cc1. The summed E-state index contributed by atoms with van der Waals surface area (Å²) in [5.74, 6) is -0.125. The molecule has 2 saturated heterocycles. The molecule has 2 aliphatic heterocycles. The van der Waals surface area contributed by atoms with E-state index in [1.807, 2.05) is 60.7 Å². The minimum Gasteiger partial charge on any atom is -0.343 e. The van der Waals surface area contributed by atoms with Crippen LogP contribution in [0.5, 0.6) is 0 Å². The quantitative estimate of drug-likeness (QED) is 0.553. The molecule has 160 valence electrons. The second-order valence-corrected chi connectivity index (χ2v) is 8.35. The van der Waals surface area contributed by atoms with Crippen molar-refractivity contribution in [2.24, 2.45) is 0 Å². The Labute approximate surface area is 191 Å². The predicted octanol–water partition coefficient (Wildman–Crippen LogP) is 2.83. The van der Waals surface area contributed by atoms with Crippen molar-refractivity contribution in [3.63, 3.8) is 0 Å². The Bertz CT molecular complexity index is 899. The van der Waals surface area contributed by atoms with Gasteiger partial charge in [-0.1, -0.05) is 36.4 Å². The van der Waals surface area contributed by atoms with E-state index in [0.717, 1.165) is 61.3 Å². The van der Waals surface area contributed by atoms with Gasteiger partial charge in [-0.2, -0.15) is 0 Å². The lowest BCUT2D eigenvalue weighted by Gasteiger charge is -2.19. The maximum absolute atomic E-state index is 12.3. The molecule has 8 heteroatoms. The van der Waals surface area contributed by atoms with Crippen molar-refractivity contribution in [1.29, 1.82) is 0 Å². The van der Waals surface area contributed by atoms with Gasteiger partial charge in [-0.3, -0.25) is 9.59 Å². The van der Waals surface area contributed by atoms with Crippen LogP contribution in [0, 0.1) is 0 Å². The zero-order valence-electron chi connectivity index (χ0n) is 18.0. The summed E-state index contributed by atoms with van der Waals surface area (Å²) in [6, 6.07) is 14.8. The van der Waals surface area contributed by atoms with Gasteiger partial charge < -0.3 is 20.3 Å². The van der Waals surface area contributed by atoms with Crippen molar-refractivity contribution >= 4 is 51.3 Å². The molecular formula is C24H26B2N4O2. The van der Waals surface area contributed by atoms with E-state index in [4.69, 9.17) is 16.0 Å². The molecule has 0 aromatic heterocycles. The number of benzene rings is 2. The van der Waals surface area contributed by atoms with Gasteiger partial charge in [-0.05, 0) is 74.2 Å². The first-order valence-corrected chi connectivity index (χ1v) is 11.0. The molecule has 2 aromatic carbocycles. The fraction of sp³-hybridized carbons (Fsp3) is 0.333. The summed E-state index contributed by atoms with van der Waals surface area (Å²) in [6.45, 7) is 1.50. The number of hydrogen-bond acceptors (Lipinski definition) is 4. The van der Waals surface area contributed by atoms with Crippen molar-refractivity contribution < 1.29 is 9.59 Å². The van der Waals surface area contributed by atoms with Crippen LogP contribution in [-0.4, -0.2) is 62.6 Å². The summed E-state index contributed by atoms with van der Waals surface area (Å²) >= 11 is 0. The normalized spacial score (nSPS) is 21.8. The lowest BCUT2D eigenvalue weighted by atomic mass is 10.1. The minimum absolute atomic E-state index is 0.0624. The zero-order chi connectivity index (χ0) is 22.5. The average molecular weight is 424 g/mol. The van der Waals surface area contributed by atoms with Crippen molar-refractivity contribution in [2.45, 2.75) is 37.8 Å². The molecule has 2 fully saturated rings. The maximum Gasteiger partial charge on any atom is 0.240 e. The van der Waals surface area contributed by atoms with Crippen LogP contribution in [0.15, 0.2) is 48.5 Å². The first kappa shape index (κ1) is 22.4. The summed E-state index contributed by atoms with van der Waals surface area (Å²) in [5.41, 5.74) is 3.55. The average Bonchev–Trinajstić information content (AvgIpc) is 3.42. The fourth-order valence-corrected chi connectivity index (χ4v) is 4.14. The Morgan fingerprint density at radius 1 is 0.719 bits per heavy atom. The van der Waals surface area contributed by atoms with E-state index < -0.39 is 0 Å². The van der Waals surface area contributed by atoms with Gasteiger partial charge in [-0.25, -0.2) is 0 Å². The second-order valence-electron chi connectivity index (χ2n) is 8.35. The molecular weight excluding hydrogens is 398 g/mol. The van der Waals surface area contributed by atoms with Crippen LogP contribution in [0.4, 0.5) is 11.4 Å². The molecule has 32 heavy (non-hydrogen) atoms. The van der Waals surface area contributed by atoms with Gasteiger partial charge in [0.25, 0.3) is 0 Å². The third kappa shape index (κ3) is 5.50. The molecule has 2 amide bonds. The predicted molar refractivity (Wildman–Crippen MR) is 130 cm³/mol. The molecule has 6 nitrogen and oxygen atoms in total. The molecule has 0 saturated carbocycles.